The first-order valence-electron chi connectivity index (χ1n) is 9.95. The lowest BCUT2D eigenvalue weighted by molar-refractivity contribution is -0.113. The number of anilines is 2. The first-order valence-corrected chi connectivity index (χ1v) is 12.4. The fourth-order valence-electron chi connectivity index (χ4n) is 2.85. The third-order valence-corrected chi connectivity index (χ3v) is 7.30. The smallest absolute Gasteiger partial charge is 0.257 e. The lowest BCUT2D eigenvalue weighted by Crippen LogP contribution is -2.22. The predicted molar refractivity (Wildman–Crippen MR) is 130 cm³/mol. The van der Waals surface area contributed by atoms with Gasteiger partial charge in [-0.1, -0.05) is 36.0 Å². The lowest BCUT2D eigenvalue weighted by atomic mass is 10.1. The molecule has 10 heteroatoms. The number of hydrogen-bond donors (Lipinski definition) is 2. The fraction of sp³-hybridized carbons (Fsp3) is 0.174. The number of aryl methyl sites for hydroxylation is 1. The molecule has 2 aromatic carbocycles. The van der Waals surface area contributed by atoms with Crippen LogP contribution in [0.3, 0.4) is 0 Å². The van der Waals surface area contributed by atoms with Gasteiger partial charge in [-0.25, -0.2) is 17.7 Å². The Morgan fingerprint density at radius 2 is 1.76 bits per heavy atom. The van der Waals surface area contributed by atoms with Gasteiger partial charge in [0.1, 0.15) is 4.90 Å². The summed E-state index contributed by atoms with van der Waals surface area (Å²) in [7, 11) is -0.668. The van der Waals surface area contributed by atoms with Crippen molar-refractivity contribution >= 4 is 45.0 Å². The summed E-state index contributed by atoms with van der Waals surface area (Å²) >= 11 is 1.16. The fourth-order valence-corrected chi connectivity index (χ4v) is 4.34. The number of thioether (sulfide) groups is 1. The molecule has 0 fully saturated rings. The monoisotopic (exact) mass is 484 g/mol. The molecule has 0 aliphatic carbocycles. The number of pyridine rings is 1. The minimum Gasteiger partial charge on any atom is -0.325 e. The van der Waals surface area contributed by atoms with Crippen molar-refractivity contribution < 1.29 is 18.0 Å². The topological polar surface area (TPSA) is 108 Å². The van der Waals surface area contributed by atoms with Gasteiger partial charge in [-0.05, 0) is 48.9 Å². The summed E-state index contributed by atoms with van der Waals surface area (Å²) in [6.07, 6.45) is 1.26. The summed E-state index contributed by atoms with van der Waals surface area (Å²) in [5.41, 5.74) is 2.43. The second kappa shape index (κ2) is 10.6. The Morgan fingerprint density at radius 1 is 1.00 bits per heavy atom. The quantitative estimate of drug-likeness (QED) is 0.473. The van der Waals surface area contributed by atoms with Gasteiger partial charge < -0.3 is 10.6 Å². The van der Waals surface area contributed by atoms with Crippen LogP contribution in [-0.4, -0.2) is 49.4 Å². The van der Waals surface area contributed by atoms with Crippen LogP contribution in [-0.2, 0) is 14.8 Å². The molecule has 2 amide bonds. The van der Waals surface area contributed by atoms with Gasteiger partial charge >= 0.3 is 0 Å². The lowest BCUT2D eigenvalue weighted by Gasteiger charge is -2.12. The van der Waals surface area contributed by atoms with Crippen molar-refractivity contribution in [3.05, 3.63) is 78.0 Å². The molecule has 0 radical (unpaired) electrons. The predicted octanol–water partition coefficient (Wildman–Crippen LogP) is 3.62. The van der Waals surface area contributed by atoms with Crippen molar-refractivity contribution in [1.29, 1.82) is 0 Å². The second-order valence-electron chi connectivity index (χ2n) is 7.33. The zero-order chi connectivity index (χ0) is 24.0. The molecule has 8 nitrogen and oxygen atoms in total. The Kier molecular flexibility index (Phi) is 7.85. The molecular weight excluding hydrogens is 460 g/mol. The standard InChI is InChI=1S/C23H24N4O4S2/c1-16-7-6-8-17(13-16)25-23(29)19-9-4-5-10-20(19)26-21(28)15-32-22-12-11-18(14-24-22)33(30,31)27(2)3/h4-14H,15H2,1-3H3,(H,25,29)(H,26,28). The Bertz CT molecular complexity index is 1260. The number of aromatic nitrogens is 1. The number of para-hydroxylation sites is 1. The van der Waals surface area contributed by atoms with E-state index in [1.807, 2.05) is 25.1 Å². The van der Waals surface area contributed by atoms with Crippen molar-refractivity contribution in [3.8, 4) is 0 Å². The minimum atomic E-state index is -3.56. The molecule has 0 bridgehead atoms. The molecule has 0 spiro atoms. The van der Waals surface area contributed by atoms with Gasteiger partial charge in [-0.15, -0.1) is 0 Å². The largest absolute Gasteiger partial charge is 0.325 e. The van der Waals surface area contributed by atoms with E-state index in [-0.39, 0.29) is 22.5 Å². The first-order chi connectivity index (χ1) is 15.7. The molecule has 0 atom stereocenters. The Morgan fingerprint density at radius 3 is 2.42 bits per heavy atom. The number of carbonyl (C=O) groups is 2. The molecule has 1 aromatic heterocycles. The van der Waals surface area contributed by atoms with Gasteiger partial charge in [0.15, 0.2) is 0 Å². The highest BCUT2D eigenvalue weighted by Gasteiger charge is 2.18. The normalized spacial score (nSPS) is 11.3. The van der Waals surface area contributed by atoms with Crippen LogP contribution in [0.25, 0.3) is 0 Å². The van der Waals surface area contributed by atoms with E-state index in [1.165, 1.54) is 26.4 Å². The van der Waals surface area contributed by atoms with Crippen LogP contribution in [0.5, 0.6) is 0 Å². The van der Waals surface area contributed by atoms with Crippen LogP contribution in [0.4, 0.5) is 11.4 Å². The molecular formula is C23H24N4O4S2. The van der Waals surface area contributed by atoms with Crippen LogP contribution in [0, 0.1) is 6.92 Å². The SMILES string of the molecule is Cc1cccc(NC(=O)c2ccccc2NC(=O)CSc2ccc(S(=O)(=O)N(C)C)cn2)c1. The summed E-state index contributed by atoms with van der Waals surface area (Å²) in [6.45, 7) is 1.94. The van der Waals surface area contributed by atoms with E-state index in [2.05, 4.69) is 15.6 Å². The van der Waals surface area contributed by atoms with Gasteiger partial charge in [-0.3, -0.25) is 9.59 Å². The van der Waals surface area contributed by atoms with Crippen molar-refractivity contribution in [2.45, 2.75) is 16.8 Å². The number of hydrogen-bond acceptors (Lipinski definition) is 6. The zero-order valence-electron chi connectivity index (χ0n) is 18.4. The maximum absolute atomic E-state index is 12.7. The van der Waals surface area contributed by atoms with Crippen LogP contribution in [0.15, 0.2) is 76.8 Å². The second-order valence-corrected chi connectivity index (χ2v) is 10.5. The van der Waals surface area contributed by atoms with E-state index < -0.39 is 10.0 Å². The highest BCUT2D eigenvalue weighted by Crippen LogP contribution is 2.21. The summed E-state index contributed by atoms with van der Waals surface area (Å²) < 4.78 is 25.3. The van der Waals surface area contributed by atoms with Crippen LogP contribution >= 0.6 is 11.8 Å². The number of carbonyl (C=O) groups excluding carboxylic acids is 2. The summed E-state index contributed by atoms with van der Waals surface area (Å²) in [5.74, 6) is -0.605. The van der Waals surface area contributed by atoms with Crippen molar-refractivity contribution in [3.63, 3.8) is 0 Å². The van der Waals surface area contributed by atoms with E-state index in [4.69, 9.17) is 0 Å². The molecule has 0 unspecified atom stereocenters. The van der Waals surface area contributed by atoms with E-state index >= 15 is 0 Å². The first kappa shape index (κ1) is 24.4. The maximum Gasteiger partial charge on any atom is 0.257 e. The van der Waals surface area contributed by atoms with Gasteiger partial charge in [0, 0.05) is 26.0 Å². The summed E-state index contributed by atoms with van der Waals surface area (Å²) in [6, 6.07) is 17.2. The van der Waals surface area contributed by atoms with Crippen molar-refractivity contribution in [1.82, 2.24) is 9.29 Å². The molecule has 33 heavy (non-hydrogen) atoms. The Labute approximate surface area is 197 Å². The van der Waals surface area contributed by atoms with Gasteiger partial charge in [-0.2, -0.15) is 0 Å². The number of rotatable bonds is 8. The van der Waals surface area contributed by atoms with E-state index in [9.17, 15) is 18.0 Å². The molecule has 2 N–H and O–H groups in total. The molecule has 0 aliphatic rings. The van der Waals surface area contributed by atoms with E-state index in [0.717, 1.165) is 21.6 Å². The number of sulfonamides is 1. The third-order valence-electron chi connectivity index (χ3n) is 4.56. The third kappa shape index (κ3) is 6.41. The molecule has 0 aliphatic heterocycles. The average molecular weight is 485 g/mol. The molecule has 3 rings (SSSR count). The van der Waals surface area contributed by atoms with Crippen LogP contribution < -0.4 is 10.6 Å². The number of nitrogens with zero attached hydrogens (tertiary/aromatic N) is 2. The van der Waals surface area contributed by atoms with Gasteiger partial charge in [0.05, 0.1) is 22.0 Å². The Balaban J connectivity index is 1.62. The minimum absolute atomic E-state index is 0.0423. The van der Waals surface area contributed by atoms with Crippen molar-refractivity contribution in [2.75, 3.05) is 30.5 Å². The zero-order valence-corrected chi connectivity index (χ0v) is 20.0. The summed E-state index contributed by atoms with van der Waals surface area (Å²) in [4.78, 5) is 29.4. The highest BCUT2D eigenvalue weighted by molar-refractivity contribution is 7.99. The molecule has 0 saturated carbocycles. The van der Waals surface area contributed by atoms with E-state index in [0.29, 0.717) is 22.0 Å². The van der Waals surface area contributed by atoms with Crippen LogP contribution in [0.1, 0.15) is 15.9 Å². The van der Waals surface area contributed by atoms with Gasteiger partial charge in [0.25, 0.3) is 5.91 Å². The van der Waals surface area contributed by atoms with Gasteiger partial charge in [0.2, 0.25) is 15.9 Å². The number of nitrogens with one attached hydrogen (secondary N) is 2. The maximum atomic E-state index is 12.7. The van der Waals surface area contributed by atoms with Crippen LogP contribution in [0.2, 0.25) is 0 Å². The molecule has 1 heterocycles. The molecule has 3 aromatic rings. The number of amides is 2. The Hall–Kier alpha value is -3.21. The molecule has 0 saturated heterocycles. The number of benzene rings is 2. The van der Waals surface area contributed by atoms with Crippen molar-refractivity contribution in [2.24, 2.45) is 0 Å². The highest BCUT2D eigenvalue weighted by atomic mass is 32.2. The van der Waals surface area contributed by atoms with E-state index in [1.54, 1.807) is 36.4 Å². The average Bonchev–Trinajstić information content (AvgIpc) is 2.78. The summed E-state index contributed by atoms with van der Waals surface area (Å²) in [5, 5.41) is 6.10. The molecule has 172 valence electrons.